The highest BCUT2D eigenvalue weighted by atomic mass is 35.5. The Morgan fingerprint density at radius 3 is 2.77 bits per heavy atom. The second kappa shape index (κ2) is 7.51. The van der Waals surface area contributed by atoms with E-state index in [1.165, 1.54) is 0 Å². The van der Waals surface area contributed by atoms with Gasteiger partial charge >= 0.3 is 4.87 Å². The molecule has 0 aliphatic heterocycles. The van der Waals surface area contributed by atoms with Gasteiger partial charge in [-0.3, -0.25) is 9.59 Å². The second-order valence-corrected chi connectivity index (χ2v) is 7.42. The van der Waals surface area contributed by atoms with E-state index in [9.17, 15) is 9.59 Å². The van der Waals surface area contributed by atoms with Crippen molar-refractivity contribution in [2.24, 2.45) is 7.05 Å². The topological polar surface area (TPSA) is 60.3 Å². The summed E-state index contributed by atoms with van der Waals surface area (Å²) >= 11 is 7.18. The highest BCUT2D eigenvalue weighted by molar-refractivity contribution is 7.16. The predicted molar refractivity (Wildman–Crippen MR) is 107 cm³/mol. The fraction of sp³-hybridized carbons (Fsp3) is 0.263. The zero-order valence-corrected chi connectivity index (χ0v) is 16.3. The number of carbonyl (C=O) groups is 1. The van der Waals surface area contributed by atoms with E-state index < -0.39 is 6.10 Å². The number of carbonyl (C=O) groups excluding carboxylic acids is 1. The molecular weight excluding hydrogens is 372 g/mol. The van der Waals surface area contributed by atoms with E-state index in [0.29, 0.717) is 22.9 Å². The van der Waals surface area contributed by atoms with Crippen LogP contribution in [-0.2, 0) is 11.8 Å². The molecule has 0 aliphatic rings. The molecule has 0 saturated heterocycles. The Bertz CT molecular complexity index is 1030. The highest BCUT2D eigenvalue weighted by Gasteiger charge is 2.19. The van der Waals surface area contributed by atoms with Gasteiger partial charge in [-0.1, -0.05) is 29.9 Å². The number of anilines is 1. The lowest BCUT2D eigenvalue weighted by Crippen LogP contribution is -2.32. The number of rotatable bonds is 5. The molecule has 1 amide bonds. The minimum atomic E-state index is -0.624. The third kappa shape index (κ3) is 3.76. The molecule has 26 heavy (non-hydrogen) atoms. The molecule has 5 nitrogen and oxygen atoms in total. The summed E-state index contributed by atoms with van der Waals surface area (Å²) in [5.74, 6) is 0.369. The van der Waals surface area contributed by atoms with Crippen molar-refractivity contribution >= 4 is 44.7 Å². The van der Waals surface area contributed by atoms with E-state index >= 15 is 0 Å². The zero-order valence-electron chi connectivity index (χ0n) is 14.7. The molecule has 1 N–H and O–H groups in total. The molecule has 2 aromatic carbocycles. The lowest BCUT2D eigenvalue weighted by Gasteiger charge is -2.18. The zero-order chi connectivity index (χ0) is 18.8. The number of hydrogen-bond donors (Lipinski definition) is 1. The van der Waals surface area contributed by atoms with Crippen molar-refractivity contribution in [2.45, 2.75) is 26.4 Å². The number of halogens is 1. The number of benzene rings is 2. The molecule has 1 heterocycles. The first-order chi connectivity index (χ1) is 12.4. The molecular formula is C19H19ClN2O3S. The van der Waals surface area contributed by atoms with Gasteiger partial charge in [-0.15, -0.1) is 0 Å². The van der Waals surface area contributed by atoms with Crippen LogP contribution in [-0.4, -0.2) is 16.6 Å². The van der Waals surface area contributed by atoms with Crippen molar-refractivity contribution in [3.05, 3.63) is 56.7 Å². The number of nitrogens with zero attached hydrogens (tertiary/aromatic N) is 1. The fourth-order valence-corrected chi connectivity index (χ4v) is 3.65. The molecule has 0 fully saturated rings. The SMILES string of the molecule is CC[C@@H](Oc1ccc(Cl)c(C)c1)C(=O)Nc1ccc2c(c1)sc(=O)n2C. The third-order valence-corrected chi connectivity index (χ3v) is 5.55. The maximum absolute atomic E-state index is 12.6. The Kier molecular flexibility index (Phi) is 5.34. The number of aryl methyl sites for hydroxylation is 2. The molecule has 0 bridgehead atoms. The van der Waals surface area contributed by atoms with Gasteiger partial charge in [-0.25, -0.2) is 0 Å². The summed E-state index contributed by atoms with van der Waals surface area (Å²) in [7, 11) is 1.73. The van der Waals surface area contributed by atoms with Crippen LogP contribution in [0, 0.1) is 6.92 Å². The van der Waals surface area contributed by atoms with Crippen molar-refractivity contribution < 1.29 is 9.53 Å². The maximum Gasteiger partial charge on any atom is 0.307 e. The largest absolute Gasteiger partial charge is 0.481 e. The van der Waals surface area contributed by atoms with Crippen LogP contribution in [0.5, 0.6) is 5.75 Å². The van der Waals surface area contributed by atoms with E-state index in [-0.39, 0.29) is 10.8 Å². The van der Waals surface area contributed by atoms with Gasteiger partial charge < -0.3 is 14.6 Å². The van der Waals surface area contributed by atoms with Crippen molar-refractivity contribution in [3.63, 3.8) is 0 Å². The maximum atomic E-state index is 12.6. The van der Waals surface area contributed by atoms with Crippen LogP contribution in [0.25, 0.3) is 10.2 Å². The summed E-state index contributed by atoms with van der Waals surface area (Å²) in [6.07, 6.45) is -0.102. The van der Waals surface area contributed by atoms with Gasteiger partial charge in [0.15, 0.2) is 6.10 Å². The smallest absolute Gasteiger partial charge is 0.307 e. The number of fused-ring (bicyclic) bond motifs is 1. The van der Waals surface area contributed by atoms with Crippen molar-refractivity contribution in [1.82, 2.24) is 4.57 Å². The monoisotopic (exact) mass is 390 g/mol. The number of thiazole rings is 1. The number of nitrogens with one attached hydrogen (secondary N) is 1. The molecule has 1 atom stereocenters. The molecule has 0 saturated carbocycles. The third-order valence-electron chi connectivity index (χ3n) is 4.13. The molecule has 0 unspecified atom stereocenters. The van der Waals surface area contributed by atoms with Gasteiger partial charge in [0.25, 0.3) is 5.91 Å². The minimum Gasteiger partial charge on any atom is -0.481 e. The van der Waals surface area contributed by atoms with E-state index in [2.05, 4.69) is 5.32 Å². The predicted octanol–water partition coefficient (Wildman–Crippen LogP) is 4.36. The lowest BCUT2D eigenvalue weighted by atomic mass is 10.2. The van der Waals surface area contributed by atoms with Gasteiger partial charge in [0.1, 0.15) is 5.75 Å². The summed E-state index contributed by atoms with van der Waals surface area (Å²) in [6, 6.07) is 10.7. The molecule has 7 heteroatoms. The Hall–Kier alpha value is -2.31. The highest BCUT2D eigenvalue weighted by Crippen LogP contribution is 2.24. The molecule has 3 rings (SSSR count). The van der Waals surface area contributed by atoms with Crippen LogP contribution in [0.2, 0.25) is 5.02 Å². The Morgan fingerprint density at radius 2 is 2.08 bits per heavy atom. The molecule has 136 valence electrons. The minimum absolute atomic E-state index is 0.0312. The van der Waals surface area contributed by atoms with Crippen molar-refractivity contribution in [1.29, 1.82) is 0 Å². The van der Waals surface area contributed by atoms with Crippen molar-refractivity contribution in [3.8, 4) is 5.75 Å². The van der Waals surface area contributed by atoms with E-state index in [1.807, 2.05) is 26.0 Å². The molecule has 3 aromatic rings. The second-order valence-electron chi connectivity index (χ2n) is 6.02. The first-order valence-corrected chi connectivity index (χ1v) is 9.41. The summed E-state index contributed by atoms with van der Waals surface area (Å²) in [6.45, 7) is 3.77. The first-order valence-electron chi connectivity index (χ1n) is 8.22. The van der Waals surface area contributed by atoms with Crippen LogP contribution < -0.4 is 14.9 Å². The first kappa shape index (κ1) is 18.5. The molecule has 0 radical (unpaired) electrons. The lowest BCUT2D eigenvalue weighted by molar-refractivity contribution is -0.122. The Balaban J connectivity index is 1.76. The van der Waals surface area contributed by atoms with Gasteiger partial charge in [0, 0.05) is 17.8 Å². The van der Waals surface area contributed by atoms with Gasteiger partial charge in [0.05, 0.1) is 10.2 Å². The Morgan fingerprint density at radius 1 is 1.31 bits per heavy atom. The van der Waals surface area contributed by atoms with Crippen LogP contribution in [0.1, 0.15) is 18.9 Å². The van der Waals surface area contributed by atoms with E-state index in [0.717, 1.165) is 27.1 Å². The number of amides is 1. The molecule has 1 aromatic heterocycles. The van der Waals surface area contributed by atoms with Gasteiger partial charge in [-0.05, 0) is 55.3 Å². The average molecular weight is 391 g/mol. The fourth-order valence-electron chi connectivity index (χ4n) is 2.61. The van der Waals surface area contributed by atoms with Crippen LogP contribution in [0.15, 0.2) is 41.2 Å². The van der Waals surface area contributed by atoms with E-state index in [1.54, 1.807) is 35.9 Å². The summed E-state index contributed by atoms with van der Waals surface area (Å²) in [5.41, 5.74) is 2.38. The van der Waals surface area contributed by atoms with E-state index in [4.69, 9.17) is 16.3 Å². The standard InChI is InChI=1S/C19H19ClN2O3S/c1-4-16(25-13-6-7-14(20)11(2)9-13)18(23)21-12-5-8-15-17(10-12)26-19(24)22(15)3/h5-10,16H,4H2,1-3H3,(H,21,23)/t16-/m1/s1. The summed E-state index contributed by atoms with van der Waals surface area (Å²) in [5, 5.41) is 3.52. The molecule has 0 spiro atoms. The summed E-state index contributed by atoms with van der Waals surface area (Å²) < 4.78 is 8.24. The summed E-state index contributed by atoms with van der Waals surface area (Å²) in [4.78, 5) is 24.3. The van der Waals surface area contributed by atoms with Gasteiger partial charge in [-0.2, -0.15) is 0 Å². The number of aromatic nitrogens is 1. The van der Waals surface area contributed by atoms with Crippen LogP contribution >= 0.6 is 22.9 Å². The Labute approximate surface area is 160 Å². The van der Waals surface area contributed by atoms with Gasteiger partial charge in [0.2, 0.25) is 0 Å². The quantitative estimate of drug-likeness (QED) is 0.704. The van der Waals surface area contributed by atoms with Crippen molar-refractivity contribution in [2.75, 3.05) is 5.32 Å². The van der Waals surface area contributed by atoms with Crippen LogP contribution in [0.4, 0.5) is 5.69 Å². The number of hydrogen-bond acceptors (Lipinski definition) is 4. The number of ether oxygens (including phenoxy) is 1. The van der Waals surface area contributed by atoms with Crippen LogP contribution in [0.3, 0.4) is 0 Å². The normalized spacial score (nSPS) is 12.2. The molecule has 0 aliphatic carbocycles. The average Bonchev–Trinajstić information content (AvgIpc) is 2.89.